The first-order chi connectivity index (χ1) is 8.54. The summed E-state index contributed by atoms with van der Waals surface area (Å²) in [6, 6.07) is 14.2. The van der Waals surface area contributed by atoms with E-state index >= 15 is 0 Å². The highest BCUT2D eigenvalue weighted by Crippen LogP contribution is 2.33. The van der Waals surface area contributed by atoms with Crippen molar-refractivity contribution in [2.45, 2.75) is 12.6 Å². The summed E-state index contributed by atoms with van der Waals surface area (Å²) >= 11 is 0. The molecule has 18 heavy (non-hydrogen) atoms. The Labute approximate surface area is 107 Å². The third-order valence-corrected chi connectivity index (χ3v) is 3.06. The summed E-state index contributed by atoms with van der Waals surface area (Å²) in [5.41, 5.74) is 0.440. The van der Waals surface area contributed by atoms with Gasteiger partial charge in [0.1, 0.15) is 12.7 Å². The van der Waals surface area contributed by atoms with Gasteiger partial charge in [-0.3, -0.25) is 0 Å². The fourth-order valence-electron chi connectivity index (χ4n) is 1.84. The Morgan fingerprint density at radius 1 is 0.944 bits per heavy atom. The van der Waals surface area contributed by atoms with Crippen molar-refractivity contribution in [2.24, 2.45) is 0 Å². The molecule has 2 rings (SSSR count). The lowest BCUT2D eigenvalue weighted by Gasteiger charge is -2.15. The van der Waals surface area contributed by atoms with Crippen molar-refractivity contribution in [2.75, 3.05) is 7.11 Å². The highest BCUT2D eigenvalue weighted by atomic mass is 19.1. The predicted molar refractivity (Wildman–Crippen MR) is 71.4 cm³/mol. The molecule has 0 heterocycles. The van der Waals surface area contributed by atoms with Crippen molar-refractivity contribution < 1.29 is 9.13 Å². The van der Waals surface area contributed by atoms with Crippen molar-refractivity contribution in [3.05, 3.63) is 72.1 Å². The zero-order valence-electron chi connectivity index (χ0n) is 10.6. The van der Waals surface area contributed by atoms with Gasteiger partial charge in [0.2, 0.25) is 0 Å². The number of hydrogen-bond acceptors (Lipinski definition) is 1. The third-order valence-electron chi connectivity index (χ3n) is 3.06. The molecule has 1 nitrogen and oxygen atoms in total. The second kappa shape index (κ2) is 4.73. The van der Waals surface area contributed by atoms with E-state index in [4.69, 9.17) is 4.74 Å². The van der Waals surface area contributed by atoms with Gasteiger partial charge in [0, 0.05) is 11.1 Å². The number of alkyl halides is 1. The van der Waals surface area contributed by atoms with Gasteiger partial charge < -0.3 is 4.74 Å². The summed E-state index contributed by atoms with van der Waals surface area (Å²) in [4.78, 5) is 0. The molecule has 0 bridgehead atoms. The molecule has 1 atom stereocenters. The normalized spacial score (nSPS) is 13.9. The first-order valence-electron chi connectivity index (χ1n) is 5.80. The topological polar surface area (TPSA) is 9.23 Å². The molecule has 0 radical (unpaired) electrons. The van der Waals surface area contributed by atoms with Crippen LogP contribution in [0.4, 0.5) is 4.39 Å². The number of aryl methyl sites for hydroxylation is 1. The van der Waals surface area contributed by atoms with E-state index in [2.05, 4.69) is 6.92 Å². The van der Waals surface area contributed by atoms with E-state index in [0.717, 1.165) is 5.56 Å². The van der Waals surface area contributed by atoms with E-state index < -0.39 is 5.67 Å². The Balaban J connectivity index is 2.37. The molecule has 0 aromatic heterocycles. The van der Waals surface area contributed by atoms with Crippen LogP contribution in [0.1, 0.15) is 16.7 Å². The minimum Gasteiger partial charge on any atom is -0.497 e. The maximum atomic E-state index is 14.8. The summed E-state index contributed by atoms with van der Waals surface area (Å²) < 4.78 is 19.8. The second-order valence-corrected chi connectivity index (χ2v) is 4.40. The summed E-state index contributed by atoms with van der Waals surface area (Å²) in [7, 11) is 1.59. The summed E-state index contributed by atoms with van der Waals surface area (Å²) in [6.07, 6.45) is 0. The molecule has 0 saturated heterocycles. The molecule has 0 aliphatic rings. The fraction of sp³-hybridized carbons (Fsp3) is 0.188. The molecule has 92 valence electrons. The number of rotatable bonds is 3. The maximum Gasteiger partial charge on any atom is 0.293 e. The molecule has 0 spiro atoms. The molecule has 0 aliphatic carbocycles. The van der Waals surface area contributed by atoms with E-state index in [1.165, 1.54) is 0 Å². The smallest absolute Gasteiger partial charge is 0.293 e. The standard InChI is InChI=1S/C16H16FO/c1-12-4-6-13(7-5-12)16(2,17)14-8-10-15(18-3)11-9-14/h4-11H,2H2,1,3H3/q+1. The van der Waals surface area contributed by atoms with Crippen molar-refractivity contribution in [1.29, 1.82) is 0 Å². The first-order valence-corrected chi connectivity index (χ1v) is 5.80. The van der Waals surface area contributed by atoms with Crippen LogP contribution in [0.25, 0.3) is 0 Å². The fourth-order valence-corrected chi connectivity index (χ4v) is 1.84. The van der Waals surface area contributed by atoms with Gasteiger partial charge in [-0.05, 0) is 31.2 Å². The number of hydrogen-bond donors (Lipinski definition) is 0. The van der Waals surface area contributed by atoms with E-state index in [9.17, 15) is 4.39 Å². The van der Waals surface area contributed by atoms with Crippen molar-refractivity contribution in [3.63, 3.8) is 0 Å². The molecular formula is C16H16FO+. The highest BCUT2D eigenvalue weighted by Gasteiger charge is 2.36. The monoisotopic (exact) mass is 243 g/mol. The third kappa shape index (κ3) is 2.33. The van der Waals surface area contributed by atoms with Gasteiger partial charge in [-0.2, -0.15) is 4.39 Å². The lowest BCUT2D eigenvalue weighted by Crippen LogP contribution is -2.17. The zero-order valence-corrected chi connectivity index (χ0v) is 10.6. The molecule has 2 heteroatoms. The van der Waals surface area contributed by atoms with Crippen LogP contribution in [-0.2, 0) is 5.67 Å². The highest BCUT2D eigenvalue weighted by molar-refractivity contribution is 5.40. The van der Waals surface area contributed by atoms with Crippen LogP contribution in [0.2, 0.25) is 0 Å². The number of methoxy groups -OCH3 is 1. The van der Waals surface area contributed by atoms with Gasteiger partial charge in [0.05, 0.1) is 7.11 Å². The Bertz CT molecular complexity index is 512. The molecular weight excluding hydrogens is 227 g/mol. The molecule has 2 aromatic carbocycles. The summed E-state index contributed by atoms with van der Waals surface area (Å²) in [6.45, 7) is 5.66. The largest absolute Gasteiger partial charge is 0.497 e. The molecule has 2 aromatic rings. The van der Waals surface area contributed by atoms with Gasteiger partial charge in [-0.1, -0.05) is 29.8 Å². The maximum absolute atomic E-state index is 14.8. The zero-order chi connectivity index (χ0) is 13.2. The molecule has 1 unspecified atom stereocenters. The van der Waals surface area contributed by atoms with Crippen LogP contribution in [0, 0.1) is 13.8 Å². The van der Waals surface area contributed by atoms with Crippen LogP contribution in [0.5, 0.6) is 5.75 Å². The van der Waals surface area contributed by atoms with E-state index in [0.29, 0.717) is 16.9 Å². The van der Waals surface area contributed by atoms with E-state index in [1.807, 2.05) is 19.1 Å². The lowest BCUT2D eigenvalue weighted by molar-refractivity contribution is 0.289. The SMILES string of the molecule is [CH2+]C(F)(c1ccc(C)cc1)c1ccc(OC)cc1. The first kappa shape index (κ1) is 12.5. The van der Waals surface area contributed by atoms with Gasteiger partial charge >= 0.3 is 0 Å². The Morgan fingerprint density at radius 2 is 1.39 bits per heavy atom. The Kier molecular flexibility index (Phi) is 3.28. The molecule has 0 fully saturated rings. The number of halogens is 1. The van der Waals surface area contributed by atoms with Gasteiger partial charge in [0.25, 0.3) is 5.67 Å². The minimum atomic E-state index is -1.74. The van der Waals surface area contributed by atoms with Crippen LogP contribution in [0.15, 0.2) is 48.5 Å². The van der Waals surface area contributed by atoms with Gasteiger partial charge in [-0.15, -0.1) is 0 Å². The molecule has 0 aliphatic heterocycles. The Hall–Kier alpha value is -1.96. The van der Waals surface area contributed by atoms with E-state index in [-0.39, 0.29) is 0 Å². The van der Waals surface area contributed by atoms with E-state index in [1.54, 1.807) is 43.5 Å². The van der Waals surface area contributed by atoms with Crippen LogP contribution in [-0.4, -0.2) is 7.11 Å². The number of ether oxygens (including phenoxy) is 1. The molecule has 0 saturated carbocycles. The van der Waals surface area contributed by atoms with Crippen LogP contribution >= 0.6 is 0 Å². The average Bonchev–Trinajstić information content (AvgIpc) is 2.39. The van der Waals surface area contributed by atoms with Gasteiger partial charge in [0.15, 0.2) is 0 Å². The minimum absolute atomic E-state index is 0.521. The number of benzene rings is 2. The Morgan fingerprint density at radius 3 is 1.83 bits per heavy atom. The van der Waals surface area contributed by atoms with Crippen molar-refractivity contribution in [3.8, 4) is 5.75 Å². The predicted octanol–water partition coefficient (Wildman–Crippen LogP) is 4.05. The summed E-state index contributed by atoms with van der Waals surface area (Å²) in [5, 5.41) is 0. The van der Waals surface area contributed by atoms with Crippen molar-refractivity contribution in [1.82, 2.24) is 0 Å². The quantitative estimate of drug-likeness (QED) is 0.739. The molecule has 0 N–H and O–H groups in total. The lowest BCUT2D eigenvalue weighted by atomic mass is 9.89. The van der Waals surface area contributed by atoms with Crippen LogP contribution in [0.3, 0.4) is 0 Å². The van der Waals surface area contributed by atoms with Crippen molar-refractivity contribution >= 4 is 0 Å². The molecule has 0 amide bonds. The van der Waals surface area contributed by atoms with Gasteiger partial charge in [-0.25, -0.2) is 0 Å². The second-order valence-electron chi connectivity index (χ2n) is 4.40. The van der Waals surface area contributed by atoms with Crippen LogP contribution < -0.4 is 4.74 Å². The average molecular weight is 243 g/mol. The summed E-state index contributed by atoms with van der Waals surface area (Å²) in [5.74, 6) is 0.707.